The van der Waals surface area contributed by atoms with Crippen LogP contribution in [0.2, 0.25) is 0 Å². The fourth-order valence-corrected chi connectivity index (χ4v) is 6.33. The summed E-state index contributed by atoms with van der Waals surface area (Å²) in [5.41, 5.74) is 2.75. The number of rotatable bonds is 9. The Kier molecular flexibility index (Phi) is 9.03. The average molecular weight is 585 g/mol. The first-order valence-corrected chi connectivity index (χ1v) is 15.3. The second kappa shape index (κ2) is 12.7. The Balaban J connectivity index is 1.31. The van der Waals surface area contributed by atoms with Gasteiger partial charge in [0.15, 0.2) is 4.90 Å². The van der Waals surface area contributed by atoms with Crippen LogP contribution < -0.4 is 14.4 Å². The zero-order valence-electron chi connectivity index (χ0n) is 23.7. The fourth-order valence-electron chi connectivity index (χ4n) is 5.16. The minimum absolute atomic E-state index is 0.0121. The zero-order chi connectivity index (χ0) is 29.0. The van der Waals surface area contributed by atoms with Gasteiger partial charge in [-0.25, -0.2) is 17.8 Å². The number of ether oxygens (including phenoxy) is 2. The van der Waals surface area contributed by atoms with Crippen molar-refractivity contribution < 1.29 is 22.3 Å². The third-order valence-corrected chi connectivity index (χ3v) is 8.95. The van der Waals surface area contributed by atoms with Crippen molar-refractivity contribution in [1.82, 2.24) is 19.8 Å². The van der Waals surface area contributed by atoms with Crippen molar-refractivity contribution in [1.29, 1.82) is 0 Å². The SMILES string of the molecule is COc1ncc(N2CCOCC2)cc1S(=O)(=O)Nc1cncc(-c2ccc(CN3CCN(C(C)C)CC3)c(F)c2)c1. The number of benzene rings is 1. The van der Waals surface area contributed by atoms with E-state index in [0.717, 1.165) is 26.2 Å². The molecule has 2 fully saturated rings. The Morgan fingerprint density at radius 1 is 1.00 bits per heavy atom. The molecular weight excluding hydrogens is 547 g/mol. The first-order valence-electron chi connectivity index (χ1n) is 13.8. The Morgan fingerprint density at radius 3 is 2.44 bits per heavy atom. The van der Waals surface area contributed by atoms with Crippen LogP contribution in [-0.4, -0.2) is 93.8 Å². The molecule has 3 aromatic rings. The zero-order valence-corrected chi connectivity index (χ0v) is 24.5. The number of piperazine rings is 1. The third kappa shape index (κ3) is 6.95. The summed E-state index contributed by atoms with van der Waals surface area (Å²) in [6.45, 7) is 11.1. The predicted octanol–water partition coefficient (Wildman–Crippen LogP) is 3.45. The van der Waals surface area contributed by atoms with E-state index >= 15 is 4.39 Å². The summed E-state index contributed by atoms with van der Waals surface area (Å²) in [6.07, 6.45) is 4.59. The van der Waals surface area contributed by atoms with Crippen molar-refractivity contribution in [2.45, 2.75) is 31.3 Å². The van der Waals surface area contributed by atoms with E-state index in [2.05, 4.69) is 38.3 Å². The van der Waals surface area contributed by atoms with Gasteiger partial charge in [-0.15, -0.1) is 0 Å². The molecule has 41 heavy (non-hydrogen) atoms. The predicted molar refractivity (Wildman–Crippen MR) is 156 cm³/mol. The van der Waals surface area contributed by atoms with Crippen LogP contribution in [0.25, 0.3) is 11.1 Å². The largest absolute Gasteiger partial charge is 0.480 e. The molecule has 5 rings (SSSR count). The molecule has 2 saturated heterocycles. The van der Waals surface area contributed by atoms with Gasteiger partial charge in [0.25, 0.3) is 10.0 Å². The highest BCUT2D eigenvalue weighted by molar-refractivity contribution is 7.92. The number of halogens is 1. The lowest BCUT2D eigenvalue weighted by Crippen LogP contribution is -2.48. The molecule has 0 bridgehead atoms. The third-order valence-electron chi connectivity index (χ3n) is 7.57. The maximum atomic E-state index is 15.2. The van der Waals surface area contributed by atoms with Crippen LogP contribution in [0.5, 0.6) is 5.88 Å². The summed E-state index contributed by atoms with van der Waals surface area (Å²) in [7, 11) is -2.70. The number of methoxy groups -OCH3 is 1. The number of hydrogen-bond acceptors (Lipinski definition) is 9. The van der Waals surface area contributed by atoms with Crippen LogP contribution >= 0.6 is 0 Å². The lowest BCUT2D eigenvalue weighted by molar-refractivity contribution is 0.103. The van der Waals surface area contributed by atoms with E-state index in [-0.39, 0.29) is 22.3 Å². The van der Waals surface area contributed by atoms with E-state index in [0.29, 0.717) is 61.3 Å². The van der Waals surface area contributed by atoms with Crippen molar-refractivity contribution in [3.63, 3.8) is 0 Å². The summed E-state index contributed by atoms with van der Waals surface area (Å²) >= 11 is 0. The highest BCUT2D eigenvalue weighted by Crippen LogP contribution is 2.30. The molecule has 0 amide bonds. The lowest BCUT2D eigenvalue weighted by Gasteiger charge is -2.37. The first-order chi connectivity index (χ1) is 19.7. The number of anilines is 2. The average Bonchev–Trinajstić information content (AvgIpc) is 2.98. The minimum atomic E-state index is -4.08. The number of pyridine rings is 2. The standard InChI is InChI=1S/C29H37FN6O4S/c1-21(2)35-8-6-34(7-9-35)20-23-5-4-22(15-27(23)30)24-14-25(18-31-17-24)33-41(37,38)28-16-26(19-32-29(28)39-3)36-10-12-40-13-11-36/h4-5,14-19,21,33H,6-13,20H2,1-3H3. The Morgan fingerprint density at radius 2 is 1.76 bits per heavy atom. The molecule has 0 atom stereocenters. The molecule has 1 N–H and O–H groups in total. The Labute approximate surface area is 241 Å². The van der Waals surface area contributed by atoms with Gasteiger partial charge in [0, 0.05) is 69.2 Å². The van der Waals surface area contributed by atoms with E-state index in [9.17, 15) is 8.42 Å². The van der Waals surface area contributed by atoms with Crippen LogP contribution in [-0.2, 0) is 21.3 Å². The molecule has 4 heterocycles. The molecule has 2 aliphatic rings. The van der Waals surface area contributed by atoms with Crippen LogP contribution in [0.3, 0.4) is 0 Å². The summed E-state index contributed by atoms with van der Waals surface area (Å²) in [6, 6.07) is 8.82. The summed E-state index contributed by atoms with van der Waals surface area (Å²) < 4.78 is 55.3. The second-order valence-electron chi connectivity index (χ2n) is 10.6. The molecule has 12 heteroatoms. The van der Waals surface area contributed by atoms with Gasteiger partial charge in [-0.3, -0.25) is 19.5 Å². The van der Waals surface area contributed by atoms with Crippen molar-refractivity contribution >= 4 is 21.4 Å². The molecule has 1 aromatic carbocycles. The lowest BCUT2D eigenvalue weighted by atomic mass is 10.0. The second-order valence-corrected chi connectivity index (χ2v) is 12.2. The van der Waals surface area contributed by atoms with Gasteiger partial charge >= 0.3 is 0 Å². The van der Waals surface area contributed by atoms with E-state index in [4.69, 9.17) is 9.47 Å². The van der Waals surface area contributed by atoms with Crippen molar-refractivity contribution in [3.8, 4) is 17.0 Å². The molecule has 2 aromatic heterocycles. The van der Waals surface area contributed by atoms with Gasteiger partial charge in [-0.05, 0) is 37.6 Å². The quantitative estimate of drug-likeness (QED) is 0.405. The molecule has 2 aliphatic heterocycles. The fraction of sp³-hybridized carbons (Fsp3) is 0.448. The molecule has 0 saturated carbocycles. The number of nitrogens with zero attached hydrogens (tertiary/aromatic N) is 5. The molecule has 0 radical (unpaired) electrons. The van der Waals surface area contributed by atoms with E-state index in [1.54, 1.807) is 30.6 Å². The van der Waals surface area contributed by atoms with Gasteiger partial charge in [0.05, 0.1) is 44.1 Å². The van der Waals surface area contributed by atoms with Crippen molar-refractivity contribution in [2.24, 2.45) is 0 Å². The van der Waals surface area contributed by atoms with Crippen molar-refractivity contribution in [2.75, 3.05) is 69.2 Å². The molecule has 10 nitrogen and oxygen atoms in total. The maximum absolute atomic E-state index is 15.2. The van der Waals surface area contributed by atoms with E-state index in [1.165, 1.54) is 19.4 Å². The van der Waals surface area contributed by atoms with Crippen LogP contribution in [0.1, 0.15) is 19.4 Å². The van der Waals surface area contributed by atoms with Crippen LogP contribution in [0.15, 0.2) is 53.8 Å². The van der Waals surface area contributed by atoms with Gasteiger partial charge in [0.2, 0.25) is 5.88 Å². The normalized spacial score (nSPS) is 17.1. The monoisotopic (exact) mass is 584 g/mol. The van der Waals surface area contributed by atoms with Gasteiger partial charge < -0.3 is 14.4 Å². The molecule has 0 aliphatic carbocycles. The summed E-state index contributed by atoms with van der Waals surface area (Å²) in [5.74, 6) is -0.308. The van der Waals surface area contributed by atoms with E-state index < -0.39 is 10.0 Å². The van der Waals surface area contributed by atoms with Crippen molar-refractivity contribution in [3.05, 3.63) is 60.3 Å². The van der Waals surface area contributed by atoms with Gasteiger partial charge in [-0.1, -0.05) is 12.1 Å². The number of hydrogen-bond donors (Lipinski definition) is 1. The molecular formula is C29H37FN6O4S. The highest BCUT2D eigenvalue weighted by atomic mass is 32.2. The maximum Gasteiger partial charge on any atom is 0.267 e. The molecule has 220 valence electrons. The van der Waals surface area contributed by atoms with Crippen LogP contribution in [0.4, 0.5) is 15.8 Å². The number of sulfonamides is 1. The first kappa shape index (κ1) is 29.2. The van der Waals surface area contributed by atoms with Gasteiger partial charge in [0.1, 0.15) is 5.82 Å². The Hall–Kier alpha value is -3.32. The summed E-state index contributed by atoms with van der Waals surface area (Å²) in [4.78, 5) is 15.1. The minimum Gasteiger partial charge on any atom is -0.480 e. The highest BCUT2D eigenvalue weighted by Gasteiger charge is 2.24. The Bertz CT molecular complexity index is 1460. The van der Waals surface area contributed by atoms with E-state index in [1.807, 2.05) is 11.0 Å². The number of nitrogens with one attached hydrogen (secondary N) is 1. The number of morpholine rings is 1. The smallest absolute Gasteiger partial charge is 0.267 e. The van der Waals surface area contributed by atoms with Crippen LogP contribution in [0, 0.1) is 5.82 Å². The topological polar surface area (TPSA) is 100 Å². The molecule has 0 unspecified atom stereocenters. The molecule has 0 spiro atoms. The number of aromatic nitrogens is 2. The summed E-state index contributed by atoms with van der Waals surface area (Å²) in [5, 5.41) is 0. The van der Waals surface area contributed by atoms with Gasteiger partial charge in [-0.2, -0.15) is 0 Å².